The van der Waals surface area contributed by atoms with E-state index in [2.05, 4.69) is 75.4 Å². The van der Waals surface area contributed by atoms with Crippen molar-refractivity contribution in [1.82, 2.24) is 0 Å². The summed E-state index contributed by atoms with van der Waals surface area (Å²) in [7, 11) is 0. The molecule has 0 heterocycles. The third-order valence-electron chi connectivity index (χ3n) is 3.99. The van der Waals surface area contributed by atoms with Gasteiger partial charge in [0.2, 0.25) is 0 Å². The molecule has 1 unspecified atom stereocenters. The molecule has 0 aromatic heterocycles. The number of benzene rings is 2. The average Bonchev–Trinajstić information content (AvgIpc) is 2.80. The quantitative estimate of drug-likeness (QED) is 0.531. The van der Waals surface area contributed by atoms with Gasteiger partial charge in [-0.25, -0.2) is 0 Å². The van der Waals surface area contributed by atoms with E-state index in [0.29, 0.717) is 3.63 Å². The molecule has 22 heavy (non-hydrogen) atoms. The van der Waals surface area contributed by atoms with E-state index in [1.54, 1.807) is 24.7 Å². The van der Waals surface area contributed by atoms with E-state index in [1.165, 1.54) is 27.8 Å². The molecular weight excluding hydrogens is 390 g/mol. The van der Waals surface area contributed by atoms with Crippen LogP contribution >= 0.6 is 24.8 Å². The van der Waals surface area contributed by atoms with Crippen molar-refractivity contribution in [1.29, 1.82) is 0 Å². The summed E-state index contributed by atoms with van der Waals surface area (Å²) in [6, 6.07) is 15.8. The molecule has 0 amide bonds. The monoisotopic (exact) mass is 409 g/mol. The van der Waals surface area contributed by atoms with Crippen molar-refractivity contribution in [2.24, 2.45) is 0 Å². The first-order chi connectivity index (χ1) is 9.47. The van der Waals surface area contributed by atoms with Gasteiger partial charge in [-0.3, -0.25) is 0 Å². The van der Waals surface area contributed by atoms with Gasteiger partial charge in [-0.1, -0.05) is 0 Å². The van der Waals surface area contributed by atoms with Gasteiger partial charge in [0.1, 0.15) is 0 Å². The minimum Gasteiger partial charge on any atom is -0.147 e. The first-order valence-electron chi connectivity index (χ1n) is 7.10. The van der Waals surface area contributed by atoms with Gasteiger partial charge in [0.15, 0.2) is 0 Å². The van der Waals surface area contributed by atoms with Crippen LogP contribution in [0.2, 0.25) is 0 Å². The molecule has 3 heteroatoms. The van der Waals surface area contributed by atoms with Gasteiger partial charge in [0, 0.05) is 0 Å². The molecule has 2 aromatic rings. The predicted molar refractivity (Wildman–Crippen MR) is 96.8 cm³/mol. The van der Waals surface area contributed by atoms with Gasteiger partial charge in [0.05, 0.1) is 0 Å². The molecule has 0 bridgehead atoms. The third kappa shape index (κ3) is 3.75. The Labute approximate surface area is 161 Å². The van der Waals surface area contributed by atoms with E-state index < -0.39 is 0 Å². The van der Waals surface area contributed by atoms with E-state index in [9.17, 15) is 0 Å². The smallest absolute Gasteiger partial charge is 0.147 e. The van der Waals surface area contributed by atoms with Crippen molar-refractivity contribution < 1.29 is 24.7 Å². The molecule has 1 aliphatic rings. The van der Waals surface area contributed by atoms with Gasteiger partial charge in [-0.2, -0.15) is 0 Å². The summed E-state index contributed by atoms with van der Waals surface area (Å²) < 4.78 is 0.631. The Morgan fingerprint density at radius 2 is 1.55 bits per heavy atom. The van der Waals surface area contributed by atoms with Crippen LogP contribution in [-0.2, 0) is 30.1 Å². The van der Waals surface area contributed by atoms with Crippen LogP contribution in [0.1, 0.15) is 41.1 Å². The van der Waals surface area contributed by atoms with Crippen LogP contribution in [0.15, 0.2) is 48.5 Å². The summed E-state index contributed by atoms with van der Waals surface area (Å²) in [6.07, 6.45) is 4.62. The van der Waals surface area contributed by atoms with Crippen molar-refractivity contribution in [2.75, 3.05) is 0 Å². The minimum absolute atomic E-state index is 0. The number of hydrogen-bond acceptors (Lipinski definition) is 0. The number of rotatable bonds is 1. The molecule has 2 aromatic carbocycles. The molecule has 0 radical (unpaired) electrons. The van der Waals surface area contributed by atoms with Crippen LogP contribution in [0.5, 0.6) is 0 Å². The zero-order valence-electron chi connectivity index (χ0n) is 13.1. The maximum atomic E-state index is 2.33. The van der Waals surface area contributed by atoms with Gasteiger partial charge >= 0.3 is 137 Å². The third-order valence-corrected chi connectivity index (χ3v) is 5.23. The van der Waals surface area contributed by atoms with Crippen molar-refractivity contribution in [3.63, 3.8) is 0 Å². The molecule has 0 saturated carbocycles. The fourth-order valence-corrected chi connectivity index (χ4v) is 3.59. The van der Waals surface area contributed by atoms with Crippen LogP contribution in [0.4, 0.5) is 0 Å². The van der Waals surface area contributed by atoms with Crippen molar-refractivity contribution in [3.8, 4) is 11.1 Å². The Morgan fingerprint density at radius 1 is 0.909 bits per heavy atom. The number of fused-ring (bicyclic) bond motifs is 1. The molecule has 115 valence electrons. The second kappa shape index (κ2) is 7.48. The number of halogens is 2. The maximum absolute atomic E-state index is 2.33. The molecule has 0 fully saturated rings. The van der Waals surface area contributed by atoms with Gasteiger partial charge in [0.25, 0.3) is 0 Å². The minimum atomic E-state index is 0. The molecule has 0 aliphatic heterocycles. The topological polar surface area (TPSA) is 0 Å². The number of allylic oxidation sites excluding steroid dienone is 1. The summed E-state index contributed by atoms with van der Waals surface area (Å²) >= 11 is 1.57. The van der Waals surface area contributed by atoms with Gasteiger partial charge < -0.3 is 0 Å². The van der Waals surface area contributed by atoms with Gasteiger partial charge in [-0.05, 0) is 0 Å². The van der Waals surface area contributed by atoms with Crippen LogP contribution in [0.3, 0.4) is 0 Å². The summed E-state index contributed by atoms with van der Waals surface area (Å²) in [5.41, 5.74) is 7.20. The first-order valence-corrected chi connectivity index (χ1v) is 8.52. The SMILES string of the molecule is CC(C)(C)c1ccc(-c2cccc3c2C=C[CH]3[Zr])cc1.Cl.Cl. The molecule has 1 atom stereocenters. The molecule has 1 aliphatic carbocycles. The fraction of sp³-hybridized carbons (Fsp3) is 0.263. The van der Waals surface area contributed by atoms with E-state index in [4.69, 9.17) is 0 Å². The van der Waals surface area contributed by atoms with E-state index >= 15 is 0 Å². The Kier molecular flexibility index (Phi) is 6.69. The Bertz CT molecular complexity index is 667. The normalized spacial score (nSPS) is 15.6. The maximum Gasteiger partial charge on any atom is -0.147 e. The Balaban J connectivity index is 0.00000121. The summed E-state index contributed by atoms with van der Waals surface area (Å²) in [4.78, 5) is 0. The molecular formula is C19H21Cl2Zr. The molecule has 3 rings (SSSR count). The molecule has 0 nitrogen and oxygen atoms in total. The van der Waals surface area contributed by atoms with E-state index in [1.807, 2.05) is 0 Å². The summed E-state index contributed by atoms with van der Waals surface area (Å²) in [6.45, 7) is 6.78. The second-order valence-corrected chi connectivity index (χ2v) is 8.00. The zero-order chi connectivity index (χ0) is 14.3. The average molecular weight is 412 g/mol. The second-order valence-electron chi connectivity index (χ2n) is 6.47. The summed E-state index contributed by atoms with van der Waals surface area (Å²) in [5, 5.41) is 0. The van der Waals surface area contributed by atoms with Crippen LogP contribution in [-0.4, -0.2) is 0 Å². The van der Waals surface area contributed by atoms with E-state index in [0.717, 1.165) is 0 Å². The van der Waals surface area contributed by atoms with Crippen molar-refractivity contribution in [3.05, 3.63) is 65.2 Å². The molecule has 0 N–H and O–H groups in total. The van der Waals surface area contributed by atoms with E-state index in [-0.39, 0.29) is 30.2 Å². The fourth-order valence-electron chi connectivity index (χ4n) is 2.74. The van der Waals surface area contributed by atoms with Crippen molar-refractivity contribution in [2.45, 2.75) is 29.8 Å². The summed E-state index contributed by atoms with van der Waals surface area (Å²) in [5.74, 6) is 0. The van der Waals surface area contributed by atoms with Crippen molar-refractivity contribution >= 4 is 30.9 Å². The predicted octanol–water partition coefficient (Wildman–Crippen LogP) is 6.11. The standard InChI is InChI=1S/C19H19.2ClH.Zr/c1-19(2,3)16-12-10-15(11-13-16)18-9-5-7-14-6-4-8-17(14)18;;;/h4-13H,1-3H3;2*1H;. The Morgan fingerprint density at radius 3 is 2.14 bits per heavy atom. The van der Waals surface area contributed by atoms with Crippen LogP contribution < -0.4 is 0 Å². The molecule has 0 saturated heterocycles. The number of hydrogen-bond donors (Lipinski definition) is 0. The van der Waals surface area contributed by atoms with Gasteiger partial charge in [-0.15, -0.1) is 24.8 Å². The Hall–Kier alpha value is -0.357. The first kappa shape index (κ1) is 19.7. The largest absolute Gasteiger partial charge is 0.147 e. The van der Waals surface area contributed by atoms with Crippen LogP contribution in [0, 0.1) is 0 Å². The zero-order valence-corrected chi connectivity index (χ0v) is 17.2. The van der Waals surface area contributed by atoms with Crippen LogP contribution in [0.25, 0.3) is 17.2 Å². The molecule has 0 spiro atoms.